The Morgan fingerprint density at radius 2 is 1.71 bits per heavy atom. The van der Waals surface area contributed by atoms with Gasteiger partial charge >= 0.3 is 10.4 Å². The Balaban J connectivity index is 0. The average Bonchev–Trinajstić information content (AvgIpc) is 2.30. The number of anilines is 2. The van der Waals surface area contributed by atoms with Gasteiger partial charge in [0.15, 0.2) is 0 Å². The van der Waals surface area contributed by atoms with Crippen molar-refractivity contribution >= 4 is 31.8 Å². The summed E-state index contributed by atoms with van der Waals surface area (Å²) in [6, 6.07) is 5.69. The highest BCUT2D eigenvalue weighted by atomic mass is 32.3. The maximum absolute atomic E-state index is 11.3. The fraction of sp³-hybridized carbons (Fsp3) is 0.500. The summed E-state index contributed by atoms with van der Waals surface area (Å²) >= 11 is 0. The van der Waals surface area contributed by atoms with Gasteiger partial charge in [0, 0.05) is 17.9 Å². The van der Waals surface area contributed by atoms with Gasteiger partial charge in [-0.15, -0.1) is 0 Å². The number of nitrogens with two attached hydrogens (primary N) is 1. The van der Waals surface area contributed by atoms with Gasteiger partial charge in [-0.1, -0.05) is 0 Å². The first-order valence-electron chi connectivity index (χ1n) is 6.54. The summed E-state index contributed by atoms with van der Waals surface area (Å²) in [5.74, 6) is 0. The van der Waals surface area contributed by atoms with Crippen LogP contribution in [-0.4, -0.2) is 50.4 Å². The van der Waals surface area contributed by atoms with E-state index in [2.05, 4.69) is 4.72 Å². The van der Waals surface area contributed by atoms with Crippen molar-refractivity contribution in [3.8, 4) is 0 Å². The van der Waals surface area contributed by atoms with E-state index in [0.717, 1.165) is 23.2 Å². The fourth-order valence-corrected chi connectivity index (χ4v) is 2.64. The van der Waals surface area contributed by atoms with E-state index in [1.54, 1.807) is 0 Å². The second-order valence-electron chi connectivity index (χ2n) is 4.84. The fourth-order valence-electron chi connectivity index (χ4n) is 1.89. The zero-order chi connectivity index (χ0) is 18.4. The van der Waals surface area contributed by atoms with Crippen molar-refractivity contribution in [3.63, 3.8) is 0 Å². The molecule has 0 bridgehead atoms. The van der Waals surface area contributed by atoms with Crippen molar-refractivity contribution < 1.29 is 31.4 Å². The van der Waals surface area contributed by atoms with Crippen molar-refractivity contribution in [1.29, 1.82) is 0 Å². The Hall–Kier alpha value is -1.44. The standard InChI is InChI=1S/C12H21N3O2S.H2O4S.H2O/c1-5-15(10(3)14-18(4,16)17)11-6-7-12(13)9(2)8-11;1-5(2,3)4;/h6-8,10,14H,5,13H2,1-4H3;(H2,1,2,3,4);1H2. The molecule has 0 amide bonds. The van der Waals surface area contributed by atoms with Crippen LogP contribution < -0.4 is 15.4 Å². The molecule has 7 N–H and O–H groups in total. The first-order valence-corrected chi connectivity index (χ1v) is 9.83. The van der Waals surface area contributed by atoms with E-state index in [0.29, 0.717) is 6.54 Å². The monoisotopic (exact) mass is 387 g/mol. The molecule has 0 aliphatic heterocycles. The van der Waals surface area contributed by atoms with Crippen LogP contribution in [0.5, 0.6) is 0 Å². The van der Waals surface area contributed by atoms with Crippen LogP contribution >= 0.6 is 0 Å². The molecule has 0 spiro atoms. The Morgan fingerprint density at radius 3 is 2.04 bits per heavy atom. The third kappa shape index (κ3) is 11.2. The second kappa shape index (κ2) is 9.76. The first kappa shape index (κ1) is 24.8. The number of sulfonamides is 1. The summed E-state index contributed by atoms with van der Waals surface area (Å²) in [6.07, 6.45) is 0.860. The van der Waals surface area contributed by atoms with E-state index in [9.17, 15) is 8.42 Å². The predicted octanol–water partition coefficient (Wildman–Crippen LogP) is -0.179. The van der Waals surface area contributed by atoms with Crippen LogP contribution in [0.3, 0.4) is 0 Å². The third-order valence-electron chi connectivity index (χ3n) is 2.78. The molecule has 0 saturated carbocycles. The largest absolute Gasteiger partial charge is 0.412 e. The number of benzene rings is 1. The lowest BCUT2D eigenvalue weighted by Crippen LogP contribution is -2.46. The third-order valence-corrected chi connectivity index (χ3v) is 3.55. The topological polar surface area (TPSA) is 182 Å². The molecule has 0 aliphatic rings. The molecule has 0 heterocycles. The molecule has 1 atom stereocenters. The predicted molar refractivity (Wildman–Crippen MR) is 93.8 cm³/mol. The average molecular weight is 387 g/mol. The molecular weight excluding hydrogens is 362 g/mol. The van der Waals surface area contributed by atoms with Gasteiger partial charge < -0.3 is 16.1 Å². The lowest BCUT2D eigenvalue weighted by atomic mass is 10.1. The van der Waals surface area contributed by atoms with Gasteiger partial charge in [0.25, 0.3) is 0 Å². The van der Waals surface area contributed by atoms with E-state index in [1.807, 2.05) is 43.9 Å². The molecule has 0 radical (unpaired) electrons. The van der Waals surface area contributed by atoms with Crippen molar-refractivity contribution in [1.82, 2.24) is 4.72 Å². The molecule has 1 aromatic rings. The minimum Gasteiger partial charge on any atom is -0.412 e. The lowest BCUT2D eigenvalue weighted by Gasteiger charge is -2.30. The Labute approximate surface area is 142 Å². The van der Waals surface area contributed by atoms with Crippen LogP contribution in [0.4, 0.5) is 11.4 Å². The van der Waals surface area contributed by atoms with Gasteiger partial charge in [-0.2, -0.15) is 13.1 Å². The summed E-state index contributed by atoms with van der Waals surface area (Å²) in [5.41, 5.74) is 8.45. The van der Waals surface area contributed by atoms with Gasteiger partial charge in [-0.3, -0.25) is 9.11 Å². The second-order valence-corrected chi connectivity index (χ2v) is 7.52. The maximum Gasteiger partial charge on any atom is 0.394 e. The highest BCUT2D eigenvalue weighted by Gasteiger charge is 2.16. The zero-order valence-electron chi connectivity index (χ0n) is 13.9. The summed E-state index contributed by atoms with van der Waals surface area (Å²) in [7, 11) is -7.89. The maximum atomic E-state index is 11.3. The Kier molecular flexibility index (Phi) is 10.1. The van der Waals surface area contributed by atoms with Gasteiger partial charge in [0.1, 0.15) is 0 Å². The minimum atomic E-state index is -4.67. The van der Waals surface area contributed by atoms with Crippen molar-refractivity contribution in [2.45, 2.75) is 26.9 Å². The Morgan fingerprint density at radius 1 is 1.25 bits per heavy atom. The number of nitrogens with zero attached hydrogens (tertiary/aromatic N) is 1. The first-order chi connectivity index (χ1) is 10.2. The molecule has 142 valence electrons. The van der Waals surface area contributed by atoms with E-state index in [4.69, 9.17) is 23.3 Å². The van der Waals surface area contributed by atoms with Gasteiger partial charge in [-0.05, 0) is 44.5 Å². The molecule has 0 aromatic heterocycles. The van der Waals surface area contributed by atoms with Gasteiger partial charge in [0.05, 0.1) is 12.4 Å². The van der Waals surface area contributed by atoms with E-state index >= 15 is 0 Å². The number of hydrogen-bond acceptors (Lipinski definition) is 6. The summed E-state index contributed by atoms with van der Waals surface area (Å²) in [5, 5.41) is 0. The molecule has 1 aromatic carbocycles. The van der Waals surface area contributed by atoms with E-state index in [1.165, 1.54) is 0 Å². The molecule has 1 rings (SSSR count). The number of hydrogen-bond donors (Lipinski definition) is 4. The molecular formula is C12H25N3O7S2. The quantitative estimate of drug-likeness (QED) is 0.305. The molecule has 0 fully saturated rings. The van der Waals surface area contributed by atoms with Crippen LogP contribution in [0.1, 0.15) is 19.4 Å². The zero-order valence-corrected chi connectivity index (χ0v) is 15.5. The summed E-state index contributed by atoms with van der Waals surface area (Å²) < 4.78 is 56.7. The Bertz CT molecular complexity index is 712. The summed E-state index contributed by atoms with van der Waals surface area (Å²) in [4.78, 5) is 1.97. The van der Waals surface area contributed by atoms with Crippen LogP contribution in [0.25, 0.3) is 0 Å². The number of nitrogens with one attached hydrogen (secondary N) is 1. The van der Waals surface area contributed by atoms with E-state index < -0.39 is 20.4 Å². The summed E-state index contributed by atoms with van der Waals surface area (Å²) in [6.45, 7) is 6.43. The SMILES string of the molecule is CCN(c1ccc(N)c(C)c1)C(C)NS(C)(=O)=O.O.O=S(=O)(O)O. The number of aryl methyl sites for hydroxylation is 1. The molecule has 12 heteroatoms. The molecule has 24 heavy (non-hydrogen) atoms. The van der Waals surface area contributed by atoms with Crippen molar-refractivity contribution in [3.05, 3.63) is 23.8 Å². The minimum absolute atomic E-state index is 0. The molecule has 0 aliphatic carbocycles. The van der Waals surface area contributed by atoms with Crippen molar-refractivity contribution in [2.75, 3.05) is 23.4 Å². The van der Waals surface area contributed by atoms with Crippen LogP contribution in [0, 0.1) is 6.92 Å². The van der Waals surface area contributed by atoms with Gasteiger partial charge in [-0.25, -0.2) is 8.42 Å². The number of rotatable bonds is 5. The number of nitrogen functional groups attached to an aromatic ring is 1. The van der Waals surface area contributed by atoms with Crippen LogP contribution in [-0.2, 0) is 20.4 Å². The highest BCUT2D eigenvalue weighted by molar-refractivity contribution is 7.88. The smallest absolute Gasteiger partial charge is 0.394 e. The van der Waals surface area contributed by atoms with Gasteiger partial charge in [0.2, 0.25) is 10.0 Å². The highest BCUT2D eigenvalue weighted by Crippen LogP contribution is 2.21. The molecule has 1 unspecified atom stereocenters. The van der Waals surface area contributed by atoms with E-state index in [-0.39, 0.29) is 11.6 Å². The normalized spacial score (nSPS) is 12.4. The molecule has 10 nitrogen and oxygen atoms in total. The lowest BCUT2D eigenvalue weighted by molar-refractivity contribution is 0.381. The van der Waals surface area contributed by atoms with Crippen LogP contribution in [0.2, 0.25) is 0 Å². The molecule has 0 saturated heterocycles. The van der Waals surface area contributed by atoms with Crippen LogP contribution in [0.15, 0.2) is 18.2 Å². The van der Waals surface area contributed by atoms with Crippen molar-refractivity contribution in [2.24, 2.45) is 0 Å².